The molecule has 2 rings (SSSR count). The van der Waals surface area contributed by atoms with E-state index in [1.807, 2.05) is 0 Å². The van der Waals surface area contributed by atoms with Crippen molar-refractivity contribution in [3.63, 3.8) is 0 Å². The van der Waals surface area contributed by atoms with Gasteiger partial charge in [0, 0.05) is 0 Å². The maximum atomic E-state index is 5.51. The van der Waals surface area contributed by atoms with Gasteiger partial charge in [0.1, 0.15) is 5.75 Å². The molecule has 94 valence electrons. The first kappa shape index (κ1) is 12.4. The van der Waals surface area contributed by atoms with Crippen LogP contribution >= 0.6 is 0 Å². The molecule has 0 radical (unpaired) electrons. The van der Waals surface area contributed by atoms with Gasteiger partial charge >= 0.3 is 0 Å². The normalized spacial score (nSPS) is 24.5. The fourth-order valence-electron chi connectivity index (χ4n) is 2.77. The van der Waals surface area contributed by atoms with Crippen molar-refractivity contribution < 1.29 is 9.47 Å². The van der Waals surface area contributed by atoms with Crippen LogP contribution in [0.1, 0.15) is 42.9 Å². The Morgan fingerprint density at radius 3 is 2.24 bits per heavy atom. The Labute approximate surface area is 104 Å². The van der Waals surface area contributed by atoms with Crippen molar-refractivity contribution in [1.82, 2.24) is 0 Å². The highest BCUT2D eigenvalue weighted by molar-refractivity contribution is 5.43. The van der Waals surface area contributed by atoms with Crippen LogP contribution in [0.5, 0.6) is 5.75 Å². The maximum Gasteiger partial charge on any atom is 0.119 e. The van der Waals surface area contributed by atoms with Crippen LogP contribution < -0.4 is 4.74 Å². The van der Waals surface area contributed by atoms with E-state index >= 15 is 0 Å². The zero-order valence-electron chi connectivity index (χ0n) is 11.4. The highest BCUT2D eigenvalue weighted by atomic mass is 16.6. The third kappa shape index (κ3) is 2.63. The van der Waals surface area contributed by atoms with E-state index < -0.39 is 0 Å². The molecule has 1 heterocycles. The van der Waals surface area contributed by atoms with Gasteiger partial charge in [-0.05, 0) is 61.9 Å². The number of rotatable bonds is 4. The predicted octanol–water partition coefficient (Wildman–Crippen LogP) is 3.59. The van der Waals surface area contributed by atoms with E-state index in [1.165, 1.54) is 16.7 Å². The molecule has 0 N–H and O–H groups in total. The molecule has 3 unspecified atom stereocenters. The number of hydrogen-bond donors (Lipinski definition) is 0. The Bertz CT molecular complexity index is 388. The minimum atomic E-state index is 0.455. The van der Waals surface area contributed by atoms with Crippen LogP contribution in [-0.4, -0.2) is 19.3 Å². The highest BCUT2D eigenvalue weighted by Gasteiger charge is 2.35. The molecule has 1 aromatic carbocycles. The van der Waals surface area contributed by atoms with E-state index in [1.54, 1.807) is 7.11 Å². The summed E-state index contributed by atoms with van der Waals surface area (Å²) in [6.45, 7) is 8.76. The van der Waals surface area contributed by atoms with Gasteiger partial charge in [0.05, 0.1) is 19.3 Å². The zero-order chi connectivity index (χ0) is 12.6. The van der Waals surface area contributed by atoms with E-state index in [2.05, 4.69) is 39.8 Å². The molecular weight excluding hydrogens is 212 g/mol. The smallest absolute Gasteiger partial charge is 0.119 e. The largest absolute Gasteiger partial charge is 0.497 e. The summed E-state index contributed by atoms with van der Waals surface area (Å²) in [6.07, 6.45) is 2.04. The fraction of sp³-hybridized carbons (Fsp3) is 0.600. The van der Waals surface area contributed by atoms with Crippen LogP contribution in [-0.2, 0) is 4.74 Å². The molecule has 0 aromatic heterocycles. The minimum Gasteiger partial charge on any atom is -0.497 e. The van der Waals surface area contributed by atoms with Gasteiger partial charge in [-0.1, -0.05) is 6.92 Å². The topological polar surface area (TPSA) is 21.8 Å². The van der Waals surface area contributed by atoms with Gasteiger partial charge in [-0.25, -0.2) is 0 Å². The second kappa shape index (κ2) is 4.69. The molecule has 1 aliphatic heterocycles. The SMILES string of the molecule is COc1cc(C)c(C(C)CC2OC2C)c(C)c1. The molecule has 1 aliphatic rings. The Hall–Kier alpha value is -1.02. The van der Waals surface area contributed by atoms with Crippen LogP contribution in [0, 0.1) is 13.8 Å². The zero-order valence-corrected chi connectivity index (χ0v) is 11.4. The van der Waals surface area contributed by atoms with Crippen LogP contribution in [0.25, 0.3) is 0 Å². The molecule has 1 fully saturated rings. The standard InChI is InChI=1S/C15H22O2/c1-9-6-13(16-5)7-10(2)15(9)11(3)8-14-12(4)17-14/h6-7,11-12,14H,8H2,1-5H3. The Balaban J connectivity index is 2.19. The third-order valence-electron chi connectivity index (χ3n) is 3.72. The molecule has 1 aromatic rings. The molecule has 1 saturated heterocycles. The lowest BCUT2D eigenvalue weighted by Crippen LogP contribution is -2.04. The number of hydrogen-bond acceptors (Lipinski definition) is 2. The summed E-state index contributed by atoms with van der Waals surface area (Å²) in [5.41, 5.74) is 4.10. The molecule has 17 heavy (non-hydrogen) atoms. The lowest BCUT2D eigenvalue weighted by Gasteiger charge is -2.18. The minimum absolute atomic E-state index is 0.455. The van der Waals surface area contributed by atoms with Crippen LogP contribution in [0.2, 0.25) is 0 Å². The Morgan fingerprint density at radius 2 is 1.82 bits per heavy atom. The summed E-state index contributed by atoms with van der Waals surface area (Å²) in [5, 5.41) is 0. The van der Waals surface area contributed by atoms with Gasteiger partial charge in [0.25, 0.3) is 0 Å². The van der Waals surface area contributed by atoms with Gasteiger partial charge in [0.15, 0.2) is 0 Å². The first-order valence-electron chi connectivity index (χ1n) is 6.33. The number of epoxide rings is 1. The summed E-state index contributed by atoms with van der Waals surface area (Å²) in [4.78, 5) is 0. The number of ether oxygens (including phenoxy) is 2. The summed E-state index contributed by atoms with van der Waals surface area (Å²) < 4.78 is 10.8. The molecule has 2 heteroatoms. The van der Waals surface area contributed by atoms with Gasteiger partial charge in [-0.2, -0.15) is 0 Å². The monoisotopic (exact) mass is 234 g/mol. The van der Waals surface area contributed by atoms with Crippen LogP contribution in [0.4, 0.5) is 0 Å². The third-order valence-corrected chi connectivity index (χ3v) is 3.72. The summed E-state index contributed by atoms with van der Waals surface area (Å²) in [7, 11) is 1.72. The fourth-order valence-corrected chi connectivity index (χ4v) is 2.77. The van der Waals surface area contributed by atoms with E-state index in [9.17, 15) is 0 Å². The molecule has 0 amide bonds. The highest BCUT2D eigenvalue weighted by Crippen LogP contribution is 2.36. The number of aryl methyl sites for hydroxylation is 2. The van der Waals surface area contributed by atoms with E-state index in [4.69, 9.17) is 9.47 Å². The van der Waals surface area contributed by atoms with Crippen molar-refractivity contribution in [2.24, 2.45) is 0 Å². The quantitative estimate of drug-likeness (QED) is 0.743. The van der Waals surface area contributed by atoms with Crippen molar-refractivity contribution in [3.05, 3.63) is 28.8 Å². The van der Waals surface area contributed by atoms with Crippen LogP contribution in [0.15, 0.2) is 12.1 Å². The van der Waals surface area contributed by atoms with E-state index in [0.717, 1.165) is 12.2 Å². The molecule has 0 spiro atoms. The van der Waals surface area contributed by atoms with Gasteiger partial charge in [-0.15, -0.1) is 0 Å². The average molecular weight is 234 g/mol. The Morgan fingerprint density at radius 1 is 1.29 bits per heavy atom. The lowest BCUT2D eigenvalue weighted by atomic mass is 9.88. The molecule has 2 nitrogen and oxygen atoms in total. The first-order valence-corrected chi connectivity index (χ1v) is 6.33. The molecule has 0 bridgehead atoms. The predicted molar refractivity (Wildman–Crippen MR) is 69.8 cm³/mol. The van der Waals surface area contributed by atoms with Crippen LogP contribution in [0.3, 0.4) is 0 Å². The molecular formula is C15H22O2. The summed E-state index contributed by atoms with van der Waals surface area (Å²) in [6, 6.07) is 4.24. The molecule has 0 saturated carbocycles. The van der Waals surface area contributed by atoms with Gasteiger partial charge in [0.2, 0.25) is 0 Å². The van der Waals surface area contributed by atoms with Crippen molar-refractivity contribution >= 4 is 0 Å². The molecule has 0 aliphatic carbocycles. The average Bonchev–Trinajstić information content (AvgIpc) is 2.92. The summed E-state index contributed by atoms with van der Waals surface area (Å²) in [5.74, 6) is 1.50. The first-order chi connectivity index (χ1) is 8.02. The number of benzene rings is 1. The van der Waals surface area contributed by atoms with E-state index in [-0.39, 0.29) is 0 Å². The summed E-state index contributed by atoms with van der Waals surface area (Å²) >= 11 is 0. The maximum absolute atomic E-state index is 5.51. The second-order valence-corrected chi connectivity index (χ2v) is 5.19. The second-order valence-electron chi connectivity index (χ2n) is 5.19. The van der Waals surface area contributed by atoms with Crippen molar-refractivity contribution in [2.45, 2.75) is 52.2 Å². The Kier molecular flexibility index (Phi) is 3.43. The molecule has 3 atom stereocenters. The van der Waals surface area contributed by atoms with Crippen molar-refractivity contribution in [1.29, 1.82) is 0 Å². The lowest BCUT2D eigenvalue weighted by molar-refractivity contribution is 0.362. The number of methoxy groups -OCH3 is 1. The van der Waals surface area contributed by atoms with Crippen molar-refractivity contribution in [3.8, 4) is 5.75 Å². The van der Waals surface area contributed by atoms with Gasteiger partial charge < -0.3 is 9.47 Å². The van der Waals surface area contributed by atoms with Gasteiger partial charge in [-0.3, -0.25) is 0 Å². The van der Waals surface area contributed by atoms with E-state index in [0.29, 0.717) is 18.1 Å². The van der Waals surface area contributed by atoms with Crippen molar-refractivity contribution in [2.75, 3.05) is 7.11 Å².